The smallest absolute Gasteiger partial charge is 0.359 e. The molecule has 0 radical (unpaired) electrons. The molecule has 0 aliphatic heterocycles. The van der Waals surface area contributed by atoms with E-state index in [4.69, 9.17) is 0 Å². The number of carbonyl (C=O) groups is 1. The van der Waals surface area contributed by atoms with Gasteiger partial charge in [-0.2, -0.15) is 0 Å². The van der Waals surface area contributed by atoms with Crippen molar-refractivity contribution in [2.24, 2.45) is 0 Å². The maximum Gasteiger partial charge on any atom is 0.359 e. The van der Waals surface area contributed by atoms with Gasteiger partial charge in [0.15, 0.2) is 11.5 Å². The van der Waals surface area contributed by atoms with Gasteiger partial charge in [-0.25, -0.2) is 14.2 Å². The predicted octanol–water partition coefficient (Wildman–Crippen LogP) is 2.07. The minimum absolute atomic E-state index is 0.315. The highest BCUT2D eigenvalue weighted by Gasteiger charge is 2.14. The van der Waals surface area contributed by atoms with Gasteiger partial charge in [-0.1, -0.05) is 0 Å². The van der Waals surface area contributed by atoms with E-state index in [9.17, 15) is 9.18 Å². The van der Waals surface area contributed by atoms with E-state index < -0.39 is 11.8 Å². The van der Waals surface area contributed by atoms with Crippen molar-refractivity contribution in [3.05, 3.63) is 48.3 Å². The SMILES string of the molecule is COC(=O)c1ncc(-c2ccncc2)cc1F. The molecule has 0 saturated carbocycles. The molecule has 2 aromatic rings. The van der Waals surface area contributed by atoms with Gasteiger partial charge in [-0.3, -0.25) is 4.98 Å². The lowest BCUT2D eigenvalue weighted by atomic mass is 10.1. The first-order valence-corrected chi connectivity index (χ1v) is 4.86. The van der Waals surface area contributed by atoms with Gasteiger partial charge >= 0.3 is 5.97 Å². The average Bonchev–Trinajstić information content (AvgIpc) is 2.39. The number of halogens is 1. The zero-order chi connectivity index (χ0) is 12.3. The third-order valence-corrected chi connectivity index (χ3v) is 2.23. The van der Waals surface area contributed by atoms with Crippen LogP contribution in [0.15, 0.2) is 36.8 Å². The molecule has 86 valence electrons. The summed E-state index contributed by atoms with van der Waals surface area (Å²) in [5, 5.41) is 0. The number of pyridine rings is 2. The minimum atomic E-state index is -0.788. The largest absolute Gasteiger partial charge is 0.464 e. The summed E-state index contributed by atoms with van der Waals surface area (Å²) < 4.78 is 18.0. The average molecular weight is 232 g/mol. The lowest BCUT2D eigenvalue weighted by Crippen LogP contribution is -2.07. The molecule has 0 atom stereocenters. The van der Waals surface area contributed by atoms with E-state index in [0.29, 0.717) is 5.56 Å². The zero-order valence-electron chi connectivity index (χ0n) is 9.05. The Balaban J connectivity index is 2.41. The van der Waals surface area contributed by atoms with Gasteiger partial charge < -0.3 is 4.74 Å². The van der Waals surface area contributed by atoms with Crippen molar-refractivity contribution < 1.29 is 13.9 Å². The van der Waals surface area contributed by atoms with Crippen molar-refractivity contribution in [3.63, 3.8) is 0 Å². The summed E-state index contributed by atoms with van der Waals surface area (Å²) in [6.45, 7) is 0. The first-order chi connectivity index (χ1) is 8.22. The first-order valence-electron chi connectivity index (χ1n) is 4.86. The normalized spacial score (nSPS) is 10.0. The molecular weight excluding hydrogens is 223 g/mol. The molecular formula is C12H9FN2O2. The minimum Gasteiger partial charge on any atom is -0.464 e. The monoisotopic (exact) mass is 232 g/mol. The van der Waals surface area contributed by atoms with E-state index in [0.717, 1.165) is 5.56 Å². The van der Waals surface area contributed by atoms with E-state index in [1.165, 1.54) is 19.4 Å². The topological polar surface area (TPSA) is 52.1 Å². The molecule has 0 unspecified atom stereocenters. The quantitative estimate of drug-likeness (QED) is 0.744. The number of hydrogen-bond donors (Lipinski definition) is 0. The summed E-state index contributed by atoms with van der Waals surface area (Å²) in [4.78, 5) is 18.8. The Morgan fingerprint density at radius 1 is 1.29 bits per heavy atom. The van der Waals surface area contributed by atoms with Crippen LogP contribution in [-0.2, 0) is 4.74 Å². The van der Waals surface area contributed by atoms with Crippen LogP contribution in [0.3, 0.4) is 0 Å². The second kappa shape index (κ2) is 4.69. The molecule has 0 amide bonds. The van der Waals surface area contributed by atoms with Crippen molar-refractivity contribution in [1.29, 1.82) is 0 Å². The van der Waals surface area contributed by atoms with E-state index in [-0.39, 0.29) is 5.69 Å². The fourth-order valence-corrected chi connectivity index (χ4v) is 1.39. The van der Waals surface area contributed by atoms with Crippen molar-refractivity contribution in [2.75, 3.05) is 7.11 Å². The van der Waals surface area contributed by atoms with Gasteiger partial charge in [-0.15, -0.1) is 0 Å². The number of hydrogen-bond acceptors (Lipinski definition) is 4. The highest BCUT2D eigenvalue weighted by molar-refractivity contribution is 5.87. The highest BCUT2D eigenvalue weighted by Crippen LogP contribution is 2.19. The molecule has 0 N–H and O–H groups in total. The molecule has 0 fully saturated rings. The third kappa shape index (κ3) is 2.28. The Hall–Kier alpha value is -2.30. The molecule has 0 aliphatic carbocycles. The van der Waals surface area contributed by atoms with Gasteiger partial charge in [0.05, 0.1) is 7.11 Å². The summed E-state index contributed by atoms with van der Waals surface area (Å²) in [6, 6.07) is 4.71. The number of carbonyl (C=O) groups excluding carboxylic acids is 1. The van der Waals surface area contributed by atoms with Crippen LogP contribution in [0.5, 0.6) is 0 Å². The Labute approximate surface area is 97.1 Å². The van der Waals surface area contributed by atoms with Crippen LogP contribution in [0.4, 0.5) is 4.39 Å². The summed E-state index contributed by atoms with van der Waals surface area (Å²) >= 11 is 0. The van der Waals surface area contributed by atoms with Crippen LogP contribution in [0.2, 0.25) is 0 Å². The van der Waals surface area contributed by atoms with Crippen molar-refractivity contribution in [3.8, 4) is 11.1 Å². The van der Waals surface area contributed by atoms with Gasteiger partial charge in [-0.05, 0) is 23.8 Å². The molecule has 2 rings (SSSR count). The van der Waals surface area contributed by atoms with Gasteiger partial charge in [0.2, 0.25) is 0 Å². The fourth-order valence-electron chi connectivity index (χ4n) is 1.39. The molecule has 5 heteroatoms. The molecule has 0 aromatic carbocycles. The van der Waals surface area contributed by atoms with Crippen molar-refractivity contribution in [2.45, 2.75) is 0 Å². The van der Waals surface area contributed by atoms with E-state index >= 15 is 0 Å². The lowest BCUT2D eigenvalue weighted by molar-refractivity contribution is 0.0588. The zero-order valence-corrected chi connectivity index (χ0v) is 9.05. The Bertz CT molecular complexity index is 543. The Morgan fingerprint density at radius 3 is 2.59 bits per heavy atom. The number of aromatic nitrogens is 2. The van der Waals surface area contributed by atoms with Gasteiger partial charge in [0, 0.05) is 24.2 Å². The second-order valence-corrected chi connectivity index (χ2v) is 3.28. The van der Waals surface area contributed by atoms with Crippen molar-refractivity contribution in [1.82, 2.24) is 9.97 Å². The summed E-state index contributed by atoms with van der Waals surface area (Å²) in [7, 11) is 1.18. The molecule has 17 heavy (non-hydrogen) atoms. The van der Waals surface area contributed by atoms with E-state index in [1.54, 1.807) is 24.5 Å². The fraction of sp³-hybridized carbons (Fsp3) is 0.0833. The van der Waals surface area contributed by atoms with Crippen molar-refractivity contribution >= 4 is 5.97 Å². The summed E-state index contributed by atoms with van der Waals surface area (Å²) in [5.41, 5.74) is 1.05. The molecule has 0 spiro atoms. The maximum atomic E-state index is 13.6. The highest BCUT2D eigenvalue weighted by atomic mass is 19.1. The van der Waals surface area contributed by atoms with Crippen LogP contribution in [0.25, 0.3) is 11.1 Å². The van der Waals surface area contributed by atoms with E-state index in [1.807, 2.05) is 0 Å². The van der Waals surface area contributed by atoms with Crippen LogP contribution in [0, 0.1) is 5.82 Å². The van der Waals surface area contributed by atoms with Crippen LogP contribution in [0.1, 0.15) is 10.5 Å². The molecule has 0 aliphatic rings. The lowest BCUT2D eigenvalue weighted by Gasteiger charge is -2.03. The van der Waals surface area contributed by atoms with Crippen LogP contribution >= 0.6 is 0 Å². The van der Waals surface area contributed by atoms with Crippen LogP contribution < -0.4 is 0 Å². The third-order valence-electron chi connectivity index (χ3n) is 2.23. The van der Waals surface area contributed by atoms with E-state index in [2.05, 4.69) is 14.7 Å². The van der Waals surface area contributed by atoms with Gasteiger partial charge in [0.1, 0.15) is 0 Å². The van der Waals surface area contributed by atoms with Gasteiger partial charge in [0.25, 0.3) is 0 Å². The van der Waals surface area contributed by atoms with Crippen LogP contribution in [-0.4, -0.2) is 23.0 Å². The molecule has 0 saturated heterocycles. The maximum absolute atomic E-state index is 13.6. The predicted molar refractivity (Wildman–Crippen MR) is 58.8 cm³/mol. The molecule has 0 bridgehead atoms. The first kappa shape index (κ1) is 11.2. The second-order valence-electron chi connectivity index (χ2n) is 3.28. The Kier molecular flexibility index (Phi) is 3.09. The number of ether oxygens (including phenoxy) is 1. The summed E-state index contributed by atoms with van der Waals surface area (Å²) in [6.07, 6.45) is 4.62. The Morgan fingerprint density at radius 2 is 2.00 bits per heavy atom. The number of rotatable bonds is 2. The molecule has 4 nitrogen and oxygen atoms in total. The number of methoxy groups -OCH3 is 1. The molecule has 2 aromatic heterocycles. The summed E-state index contributed by atoms with van der Waals surface area (Å²) in [5.74, 6) is -1.49. The standard InChI is InChI=1S/C12H9FN2O2/c1-17-12(16)11-10(13)6-9(7-15-11)8-2-4-14-5-3-8/h2-7H,1H3. The molecule has 2 heterocycles. The number of esters is 1. The number of nitrogens with zero attached hydrogens (tertiary/aromatic N) is 2.